The number of amides is 1. The van der Waals surface area contributed by atoms with Crippen LogP contribution in [0.1, 0.15) is 5.56 Å². The van der Waals surface area contributed by atoms with E-state index in [-0.39, 0.29) is 17.5 Å². The summed E-state index contributed by atoms with van der Waals surface area (Å²) < 4.78 is 13.8. The first-order valence-electron chi connectivity index (χ1n) is 9.63. The molecule has 0 saturated carbocycles. The fraction of sp³-hybridized carbons (Fsp3) is 0.286. The Balaban J connectivity index is 1.24. The second-order valence-corrected chi connectivity index (χ2v) is 8.39. The van der Waals surface area contributed by atoms with Gasteiger partial charge in [0, 0.05) is 48.9 Å². The van der Waals surface area contributed by atoms with Gasteiger partial charge in [-0.2, -0.15) is 0 Å². The molecule has 1 amide bonds. The molecule has 0 atom stereocenters. The highest BCUT2D eigenvalue weighted by molar-refractivity contribution is 7.99. The van der Waals surface area contributed by atoms with Crippen LogP contribution in [0.3, 0.4) is 0 Å². The third-order valence-corrected chi connectivity index (χ3v) is 6.07. The molecule has 0 aliphatic carbocycles. The van der Waals surface area contributed by atoms with E-state index >= 15 is 0 Å². The molecule has 2 heterocycles. The van der Waals surface area contributed by atoms with Gasteiger partial charge in [-0.3, -0.25) is 14.8 Å². The van der Waals surface area contributed by atoms with Gasteiger partial charge in [0.25, 0.3) is 0 Å². The van der Waals surface area contributed by atoms with E-state index in [1.807, 2.05) is 23.1 Å². The molecule has 1 aliphatic heterocycles. The number of aromatic nitrogens is 3. The second kappa shape index (κ2) is 9.59. The minimum absolute atomic E-state index is 0.0587. The summed E-state index contributed by atoms with van der Waals surface area (Å²) in [5, 5.41) is 8.26. The van der Waals surface area contributed by atoms with Crippen molar-refractivity contribution >= 4 is 29.3 Å². The number of nitrogens with one attached hydrogen (secondary N) is 1. The van der Waals surface area contributed by atoms with E-state index in [0.29, 0.717) is 41.2 Å². The van der Waals surface area contributed by atoms with Crippen LogP contribution in [-0.2, 0) is 11.3 Å². The van der Waals surface area contributed by atoms with Crippen molar-refractivity contribution in [2.45, 2.75) is 11.7 Å². The molecule has 0 unspecified atom stereocenters. The fourth-order valence-electron chi connectivity index (χ4n) is 3.29. The summed E-state index contributed by atoms with van der Waals surface area (Å²) in [5.74, 6) is 0.800. The van der Waals surface area contributed by atoms with E-state index in [1.54, 1.807) is 24.3 Å². The number of benzene rings is 2. The number of hydrogen-bond donors (Lipinski definition) is 1. The highest BCUT2D eigenvalue weighted by Gasteiger charge is 2.22. The molecule has 1 saturated heterocycles. The summed E-state index contributed by atoms with van der Waals surface area (Å²) in [4.78, 5) is 21.0. The molecule has 1 aliphatic rings. The highest BCUT2D eigenvalue weighted by Crippen LogP contribution is 2.21. The Labute approximate surface area is 183 Å². The lowest BCUT2D eigenvalue weighted by Crippen LogP contribution is -2.48. The van der Waals surface area contributed by atoms with Gasteiger partial charge < -0.3 is 4.90 Å². The van der Waals surface area contributed by atoms with Gasteiger partial charge in [0.15, 0.2) is 5.82 Å². The number of halogens is 2. The molecule has 2 aromatic carbocycles. The topological polar surface area (TPSA) is 65.1 Å². The van der Waals surface area contributed by atoms with E-state index < -0.39 is 0 Å². The number of hydrogen-bond acceptors (Lipinski definition) is 5. The first kappa shape index (κ1) is 20.8. The largest absolute Gasteiger partial charge is 0.339 e. The van der Waals surface area contributed by atoms with Gasteiger partial charge in [0.1, 0.15) is 5.82 Å². The van der Waals surface area contributed by atoms with Crippen LogP contribution in [0.4, 0.5) is 4.39 Å². The lowest BCUT2D eigenvalue weighted by Gasteiger charge is -2.34. The van der Waals surface area contributed by atoms with Crippen molar-refractivity contribution in [3.8, 4) is 11.4 Å². The Bertz CT molecular complexity index is 1000. The monoisotopic (exact) mass is 445 g/mol. The second-order valence-electron chi connectivity index (χ2n) is 7.01. The van der Waals surface area contributed by atoms with E-state index in [0.717, 1.165) is 18.7 Å². The first-order chi connectivity index (χ1) is 14.6. The molecule has 1 aromatic heterocycles. The van der Waals surface area contributed by atoms with Crippen molar-refractivity contribution in [2.75, 3.05) is 31.9 Å². The average Bonchev–Trinajstić information content (AvgIpc) is 3.24. The summed E-state index contributed by atoms with van der Waals surface area (Å²) in [6.45, 7) is 3.29. The van der Waals surface area contributed by atoms with Crippen LogP contribution in [0.15, 0.2) is 53.7 Å². The summed E-state index contributed by atoms with van der Waals surface area (Å²) in [6, 6.07) is 14.1. The van der Waals surface area contributed by atoms with Gasteiger partial charge in [0.05, 0.1) is 5.75 Å². The third kappa shape index (κ3) is 5.19. The van der Waals surface area contributed by atoms with Gasteiger partial charge in [-0.05, 0) is 30.3 Å². The molecule has 0 spiro atoms. The maximum absolute atomic E-state index is 13.8. The standard InChI is InChI=1S/C21H21ClFN5OS/c22-17-7-5-15(6-8-17)20-24-21(26-25-20)30-14-19(29)28-11-9-27(10-12-28)13-16-3-1-2-4-18(16)23/h1-8H,9-14H2,(H,24,25,26). The zero-order valence-electron chi connectivity index (χ0n) is 16.2. The van der Waals surface area contributed by atoms with E-state index in [1.165, 1.54) is 17.8 Å². The lowest BCUT2D eigenvalue weighted by molar-refractivity contribution is -0.130. The number of carbonyl (C=O) groups excluding carboxylic acids is 1. The van der Waals surface area contributed by atoms with Crippen LogP contribution >= 0.6 is 23.4 Å². The van der Waals surface area contributed by atoms with E-state index in [2.05, 4.69) is 20.1 Å². The number of aromatic amines is 1. The van der Waals surface area contributed by atoms with Crippen molar-refractivity contribution in [1.29, 1.82) is 0 Å². The number of piperazine rings is 1. The van der Waals surface area contributed by atoms with Crippen LogP contribution in [0.25, 0.3) is 11.4 Å². The summed E-state index contributed by atoms with van der Waals surface area (Å²) >= 11 is 7.22. The average molecular weight is 446 g/mol. The Morgan fingerprint density at radius 2 is 1.83 bits per heavy atom. The maximum atomic E-state index is 13.8. The van der Waals surface area contributed by atoms with Gasteiger partial charge in [-0.25, -0.2) is 9.37 Å². The van der Waals surface area contributed by atoms with Gasteiger partial charge in [0.2, 0.25) is 11.1 Å². The van der Waals surface area contributed by atoms with Crippen molar-refractivity contribution in [3.05, 3.63) is 64.9 Å². The molecular formula is C21H21ClFN5OS. The molecule has 1 fully saturated rings. The summed E-state index contributed by atoms with van der Waals surface area (Å²) in [7, 11) is 0. The summed E-state index contributed by atoms with van der Waals surface area (Å²) in [6.07, 6.45) is 0. The molecule has 6 nitrogen and oxygen atoms in total. The van der Waals surface area contributed by atoms with E-state index in [4.69, 9.17) is 11.6 Å². The van der Waals surface area contributed by atoms with Crippen molar-refractivity contribution in [2.24, 2.45) is 0 Å². The molecule has 0 radical (unpaired) electrons. The number of carbonyl (C=O) groups is 1. The molecule has 1 N–H and O–H groups in total. The van der Waals surface area contributed by atoms with Crippen LogP contribution in [0, 0.1) is 5.82 Å². The number of rotatable bonds is 6. The minimum Gasteiger partial charge on any atom is -0.339 e. The molecule has 0 bridgehead atoms. The Hall–Kier alpha value is -2.42. The highest BCUT2D eigenvalue weighted by atomic mass is 35.5. The third-order valence-electron chi connectivity index (χ3n) is 4.98. The van der Waals surface area contributed by atoms with Crippen LogP contribution in [0.2, 0.25) is 5.02 Å². The van der Waals surface area contributed by atoms with Crippen molar-refractivity contribution in [3.63, 3.8) is 0 Å². The Morgan fingerprint density at radius 1 is 1.10 bits per heavy atom. The Kier molecular flexibility index (Phi) is 6.66. The van der Waals surface area contributed by atoms with Crippen LogP contribution in [0.5, 0.6) is 0 Å². The fourth-order valence-corrected chi connectivity index (χ4v) is 4.12. The number of thioether (sulfide) groups is 1. The molecule has 156 valence electrons. The predicted octanol–water partition coefficient (Wildman–Crippen LogP) is 3.70. The van der Waals surface area contributed by atoms with Gasteiger partial charge >= 0.3 is 0 Å². The minimum atomic E-state index is -0.183. The SMILES string of the molecule is O=C(CSc1n[nH]c(-c2ccc(Cl)cc2)n1)N1CCN(Cc2ccccc2F)CC1. The lowest BCUT2D eigenvalue weighted by atomic mass is 10.2. The zero-order valence-corrected chi connectivity index (χ0v) is 17.8. The molecule has 3 aromatic rings. The number of H-pyrrole nitrogens is 1. The Morgan fingerprint density at radius 3 is 2.57 bits per heavy atom. The van der Waals surface area contributed by atoms with Gasteiger partial charge in [-0.1, -0.05) is 41.6 Å². The predicted molar refractivity (Wildman–Crippen MR) is 116 cm³/mol. The maximum Gasteiger partial charge on any atom is 0.233 e. The van der Waals surface area contributed by atoms with E-state index in [9.17, 15) is 9.18 Å². The molecule has 4 rings (SSSR count). The van der Waals surface area contributed by atoms with Gasteiger partial charge in [-0.15, -0.1) is 5.10 Å². The van der Waals surface area contributed by atoms with Crippen molar-refractivity contribution in [1.82, 2.24) is 25.0 Å². The molecule has 30 heavy (non-hydrogen) atoms. The van der Waals surface area contributed by atoms with Crippen molar-refractivity contribution < 1.29 is 9.18 Å². The smallest absolute Gasteiger partial charge is 0.233 e. The number of nitrogens with zero attached hydrogens (tertiary/aromatic N) is 4. The van der Waals surface area contributed by atoms with Crippen LogP contribution < -0.4 is 0 Å². The van der Waals surface area contributed by atoms with Crippen LogP contribution in [-0.4, -0.2) is 62.8 Å². The normalized spacial score (nSPS) is 14.8. The molecule has 9 heteroatoms. The first-order valence-corrected chi connectivity index (χ1v) is 11.0. The molecular weight excluding hydrogens is 425 g/mol. The zero-order chi connectivity index (χ0) is 20.9. The summed E-state index contributed by atoms with van der Waals surface area (Å²) in [5.41, 5.74) is 1.57. The quantitative estimate of drug-likeness (QED) is 0.586.